The van der Waals surface area contributed by atoms with E-state index in [-0.39, 0.29) is 23.6 Å². The number of para-hydroxylation sites is 2. The lowest BCUT2D eigenvalue weighted by molar-refractivity contribution is -0.137. The highest BCUT2D eigenvalue weighted by atomic mass is 16.2. The molecule has 7 aliphatic heterocycles. The van der Waals surface area contributed by atoms with Gasteiger partial charge in [0.2, 0.25) is 0 Å². The molecule has 0 atom stereocenters. The first-order chi connectivity index (χ1) is 27.8. The van der Waals surface area contributed by atoms with Gasteiger partial charge in [-0.1, -0.05) is 81.3 Å². The molecule has 7 aliphatic rings. The fourth-order valence-corrected chi connectivity index (χ4v) is 10.5. The van der Waals surface area contributed by atoms with E-state index in [1.165, 1.54) is 48.3 Å². The average Bonchev–Trinajstić information content (AvgIpc) is 3.91. The quantitative estimate of drug-likeness (QED) is 0.177. The van der Waals surface area contributed by atoms with E-state index in [0.29, 0.717) is 34.4 Å². The predicted octanol–water partition coefficient (Wildman–Crippen LogP) is 7.80. The zero-order valence-corrected chi connectivity index (χ0v) is 33.6. The van der Waals surface area contributed by atoms with Gasteiger partial charge < -0.3 is 19.8 Å². The van der Waals surface area contributed by atoms with Crippen molar-refractivity contribution in [3.63, 3.8) is 0 Å². The van der Waals surface area contributed by atoms with Crippen molar-refractivity contribution < 1.29 is 19.2 Å². The molecular formula is C47H56N6O4. The monoisotopic (exact) mass is 768 g/mol. The highest BCUT2D eigenvalue weighted by Crippen LogP contribution is 2.41. The molecule has 2 saturated heterocycles. The van der Waals surface area contributed by atoms with Crippen molar-refractivity contribution in [1.29, 1.82) is 0 Å². The lowest BCUT2D eigenvalue weighted by atomic mass is 9.88. The van der Waals surface area contributed by atoms with Crippen molar-refractivity contribution in [2.24, 2.45) is 11.8 Å². The Bertz CT molecular complexity index is 2140. The van der Waals surface area contributed by atoms with Crippen LogP contribution in [0.5, 0.6) is 0 Å². The average molecular weight is 769 g/mol. The number of hydrogen-bond donors (Lipinski definition) is 2. The molecule has 10 heteroatoms. The molecule has 2 fully saturated rings. The number of aromatic amines is 2. The number of piperidine rings is 2. The molecule has 4 amide bonds. The van der Waals surface area contributed by atoms with Crippen LogP contribution in [0.15, 0.2) is 59.9 Å². The molecule has 0 radical (unpaired) electrons. The van der Waals surface area contributed by atoms with E-state index < -0.39 is 0 Å². The van der Waals surface area contributed by atoms with Gasteiger partial charge in [0.05, 0.1) is 11.1 Å². The smallest absolute Gasteiger partial charge is 0.277 e. The number of aryl methyl sites for hydroxylation is 2. The topological polar surface area (TPSA) is 113 Å². The Kier molecular flexibility index (Phi) is 10.3. The first-order valence-electron chi connectivity index (χ1n) is 21.6. The number of benzene rings is 2. The summed E-state index contributed by atoms with van der Waals surface area (Å²) < 4.78 is 0. The van der Waals surface area contributed by atoms with Crippen molar-refractivity contribution in [2.45, 2.75) is 96.3 Å². The molecule has 0 spiro atoms. The van der Waals surface area contributed by atoms with Crippen molar-refractivity contribution in [2.75, 3.05) is 40.3 Å². The minimum Gasteiger partial charge on any atom is -0.366 e. The second-order valence-corrected chi connectivity index (χ2v) is 17.2. The standard InChI is InChI=1S/C47H56N6O4/c1-50-44(54)40-38-32-16-10-12-18-34(32)48-36(38)20-8-5-9-21-37-39(33-17-11-13-19-35(33)49-37)41-43(47(57)51(2)45(41)55)53-28-24-31(25-29-53)15-7-4-3-6-14-30-22-26-52(27-23-30)42(40)46(50)56/h10-13,16-19,30-31,48-49H,3-9,14-15,20-29H2,1-2H3. The van der Waals surface area contributed by atoms with Crippen molar-refractivity contribution >= 4 is 56.6 Å². The molecule has 10 nitrogen and oxygen atoms in total. The van der Waals surface area contributed by atoms with Crippen molar-refractivity contribution in [3.8, 4) is 0 Å². The zero-order valence-electron chi connectivity index (χ0n) is 33.6. The Morgan fingerprint density at radius 3 is 1.28 bits per heavy atom. The number of nitrogens with one attached hydrogen (secondary N) is 2. The number of carbonyl (C=O) groups is 4. The maximum absolute atomic E-state index is 14.0. The zero-order chi connectivity index (χ0) is 39.2. The van der Waals surface area contributed by atoms with E-state index in [4.69, 9.17) is 0 Å². The number of amides is 4. The summed E-state index contributed by atoms with van der Waals surface area (Å²) in [6, 6.07) is 16.3. The van der Waals surface area contributed by atoms with Crippen LogP contribution in [-0.4, -0.2) is 93.5 Å². The van der Waals surface area contributed by atoms with Gasteiger partial charge in [0.25, 0.3) is 23.6 Å². The molecule has 2 aromatic carbocycles. The molecule has 0 saturated carbocycles. The summed E-state index contributed by atoms with van der Waals surface area (Å²) in [6.45, 7) is 3.20. The van der Waals surface area contributed by atoms with Crippen molar-refractivity contribution in [3.05, 3.63) is 82.4 Å². The van der Waals surface area contributed by atoms with Gasteiger partial charge in [-0.2, -0.15) is 0 Å². The van der Waals surface area contributed by atoms with E-state index in [1.54, 1.807) is 14.1 Å². The molecular weight excluding hydrogens is 713 g/mol. The van der Waals surface area contributed by atoms with E-state index in [9.17, 15) is 19.2 Å². The minimum atomic E-state index is -0.220. The number of rotatable bonds is 0. The van der Waals surface area contributed by atoms with Crippen LogP contribution in [0.3, 0.4) is 0 Å². The van der Waals surface area contributed by atoms with Gasteiger partial charge in [0, 0.05) is 84.6 Å². The van der Waals surface area contributed by atoms with E-state index >= 15 is 0 Å². The molecule has 57 heavy (non-hydrogen) atoms. The second kappa shape index (κ2) is 15.7. The minimum absolute atomic E-state index is 0.194. The third kappa shape index (κ3) is 6.78. The van der Waals surface area contributed by atoms with Gasteiger partial charge in [0.15, 0.2) is 0 Å². The number of imide groups is 2. The number of likely N-dealkylation sites (N-methyl/N-ethyl adjacent to an activating group) is 2. The summed E-state index contributed by atoms with van der Waals surface area (Å²) in [6.07, 6.45) is 15.7. The molecule has 4 bridgehead atoms. The number of carbonyl (C=O) groups excluding carboxylic acids is 4. The van der Waals surface area contributed by atoms with Crippen molar-refractivity contribution in [1.82, 2.24) is 29.6 Å². The number of hydrogen-bond acceptors (Lipinski definition) is 6. The van der Waals surface area contributed by atoms with Crippen LogP contribution in [0.1, 0.15) is 106 Å². The number of aromatic nitrogens is 2. The summed E-state index contributed by atoms with van der Waals surface area (Å²) in [5.74, 6) is 0.465. The van der Waals surface area contributed by atoms with Crippen LogP contribution < -0.4 is 0 Å². The van der Waals surface area contributed by atoms with Gasteiger partial charge in [-0.05, 0) is 75.3 Å². The SMILES string of the molecule is CN1C(=O)C2=C(C1=O)N1CCC(CCCCCCC3CCN(CC3)C3=C(C(=O)N(C)C3=O)c3c([nH]c4ccccc34)CCCCCc3[nH]c4ccccc4c32)CC1. The highest BCUT2D eigenvalue weighted by Gasteiger charge is 2.43. The molecule has 9 heterocycles. The fraction of sp³-hybridized carbons (Fsp3) is 0.489. The van der Waals surface area contributed by atoms with E-state index in [0.717, 1.165) is 128 Å². The molecule has 0 aliphatic carbocycles. The highest BCUT2D eigenvalue weighted by molar-refractivity contribution is 6.38. The maximum Gasteiger partial charge on any atom is 0.277 e. The van der Waals surface area contributed by atoms with Gasteiger partial charge in [-0.25, -0.2) is 0 Å². The van der Waals surface area contributed by atoms with E-state index in [1.807, 2.05) is 24.3 Å². The summed E-state index contributed by atoms with van der Waals surface area (Å²) in [5.41, 5.74) is 7.91. The van der Waals surface area contributed by atoms with Gasteiger partial charge >= 0.3 is 0 Å². The Balaban J connectivity index is 1.05. The normalized spacial score (nSPS) is 23.5. The Labute approximate surface area is 335 Å². The molecule has 4 aromatic rings. The predicted molar refractivity (Wildman–Crippen MR) is 224 cm³/mol. The van der Waals surface area contributed by atoms with E-state index in [2.05, 4.69) is 44.0 Å². The van der Waals surface area contributed by atoms with Crippen LogP contribution in [0, 0.1) is 11.8 Å². The number of H-pyrrole nitrogens is 2. The Morgan fingerprint density at radius 2 is 0.860 bits per heavy atom. The lowest BCUT2D eigenvalue weighted by Gasteiger charge is -2.34. The van der Waals surface area contributed by atoms with Crippen LogP contribution in [-0.2, 0) is 32.0 Å². The van der Waals surface area contributed by atoms with Crippen LogP contribution in [0.4, 0.5) is 0 Å². The summed E-state index contributed by atoms with van der Waals surface area (Å²) in [7, 11) is 3.24. The first-order valence-corrected chi connectivity index (χ1v) is 21.6. The first kappa shape index (κ1) is 37.5. The van der Waals surface area contributed by atoms with Crippen LogP contribution >= 0.6 is 0 Å². The molecule has 2 aromatic heterocycles. The summed E-state index contributed by atoms with van der Waals surface area (Å²) in [4.78, 5) is 70.1. The Morgan fingerprint density at radius 1 is 0.474 bits per heavy atom. The number of nitrogens with zero attached hydrogens (tertiary/aromatic N) is 4. The maximum atomic E-state index is 14.0. The van der Waals surface area contributed by atoms with Gasteiger partial charge in [-0.15, -0.1) is 0 Å². The molecule has 298 valence electrons. The third-order valence-corrected chi connectivity index (χ3v) is 13.8. The lowest BCUT2D eigenvalue weighted by Crippen LogP contribution is -2.37. The summed E-state index contributed by atoms with van der Waals surface area (Å²) >= 11 is 0. The molecule has 11 rings (SSSR count). The number of fused-ring (bicyclic) bond motifs is 4. The largest absolute Gasteiger partial charge is 0.366 e. The Hall–Kier alpha value is -5.12. The second-order valence-electron chi connectivity index (χ2n) is 17.2. The van der Waals surface area contributed by atoms with Crippen LogP contribution in [0.25, 0.3) is 33.0 Å². The van der Waals surface area contributed by atoms with Gasteiger partial charge in [0.1, 0.15) is 11.4 Å². The fourth-order valence-electron chi connectivity index (χ4n) is 10.5. The van der Waals surface area contributed by atoms with Gasteiger partial charge in [-0.3, -0.25) is 29.0 Å². The van der Waals surface area contributed by atoms with Crippen LogP contribution in [0.2, 0.25) is 0 Å². The molecule has 2 N–H and O–H groups in total. The summed E-state index contributed by atoms with van der Waals surface area (Å²) in [5, 5.41) is 1.96. The molecule has 0 unspecified atom stereocenters. The third-order valence-electron chi connectivity index (χ3n) is 13.8.